The molecular formula is C21H28ClN7. The van der Waals surface area contributed by atoms with Gasteiger partial charge in [0.1, 0.15) is 5.82 Å². The summed E-state index contributed by atoms with van der Waals surface area (Å²) in [5.41, 5.74) is 15.4. The predicted octanol–water partition coefficient (Wildman–Crippen LogP) is 1.93. The topological polar surface area (TPSA) is 91.1 Å². The van der Waals surface area contributed by atoms with Crippen LogP contribution in [0.25, 0.3) is 0 Å². The molecule has 0 amide bonds. The van der Waals surface area contributed by atoms with Gasteiger partial charge in [0.2, 0.25) is 0 Å². The van der Waals surface area contributed by atoms with E-state index in [9.17, 15) is 0 Å². The van der Waals surface area contributed by atoms with Crippen LogP contribution in [-0.4, -0.2) is 41.7 Å². The molecule has 5 rings (SSSR count). The second kappa shape index (κ2) is 8.16. The summed E-state index contributed by atoms with van der Waals surface area (Å²) >= 11 is 6.53. The molecule has 3 aliphatic heterocycles. The van der Waals surface area contributed by atoms with Crippen LogP contribution in [0, 0.1) is 5.92 Å². The molecule has 0 aliphatic carbocycles. The third-order valence-electron chi connectivity index (χ3n) is 6.47. The van der Waals surface area contributed by atoms with Crippen molar-refractivity contribution in [3.8, 4) is 0 Å². The van der Waals surface area contributed by atoms with E-state index >= 15 is 0 Å². The summed E-state index contributed by atoms with van der Waals surface area (Å²) in [6, 6.07) is 9.20. The van der Waals surface area contributed by atoms with Gasteiger partial charge < -0.3 is 16.0 Å². The first-order chi connectivity index (χ1) is 14.2. The summed E-state index contributed by atoms with van der Waals surface area (Å²) in [6.45, 7) is 2.68. The molecule has 2 aromatic heterocycles. The summed E-state index contributed by atoms with van der Waals surface area (Å²) in [6.07, 6.45) is 6.95. The van der Waals surface area contributed by atoms with Crippen LogP contribution in [0.3, 0.4) is 0 Å². The van der Waals surface area contributed by atoms with Gasteiger partial charge in [0, 0.05) is 56.1 Å². The Balaban J connectivity index is 1.38. The Bertz CT molecular complexity index is 848. The molecule has 3 fully saturated rings. The molecule has 0 saturated carbocycles. The summed E-state index contributed by atoms with van der Waals surface area (Å²) < 4.78 is 0. The van der Waals surface area contributed by atoms with Gasteiger partial charge in [-0.3, -0.25) is 10.4 Å². The Labute approximate surface area is 176 Å². The molecule has 8 heteroatoms. The van der Waals surface area contributed by atoms with Gasteiger partial charge in [-0.15, -0.1) is 0 Å². The largest absolute Gasteiger partial charge is 0.354 e. The van der Waals surface area contributed by atoms with Crippen LogP contribution in [0.2, 0.25) is 5.02 Å². The smallest absolute Gasteiger partial charge is 0.147 e. The van der Waals surface area contributed by atoms with Gasteiger partial charge in [0.05, 0.1) is 16.8 Å². The van der Waals surface area contributed by atoms with Crippen molar-refractivity contribution >= 4 is 17.4 Å². The Morgan fingerprint density at radius 1 is 1.21 bits per heavy atom. The SMILES string of the molecule is N[C@H]1CCCN(c2nc(C3NNC4CNC(c5cccnc5)CC43)ccc2Cl)C1. The minimum Gasteiger partial charge on any atom is -0.354 e. The molecular weight excluding hydrogens is 386 g/mol. The maximum absolute atomic E-state index is 6.53. The predicted molar refractivity (Wildman–Crippen MR) is 115 cm³/mol. The Hall–Kier alpha value is -1.77. The standard InChI is InChI=1S/C21H28ClN7/c22-16-5-6-17(26-21(16)29-8-2-4-14(23)12-29)20-15-9-18(13-3-1-7-24-10-13)25-11-19(15)27-28-20/h1,3,5-7,10,14-15,18-20,25,27-28H,2,4,8-9,11-12,23H2/t14-,15?,18?,19?,20?/m0/s1. The molecule has 0 radical (unpaired) electrons. The number of piperidine rings is 2. The van der Waals surface area contributed by atoms with Gasteiger partial charge >= 0.3 is 0 Å². The fourth-order valence-electron chi connectivity index (χ4n) is 4.94. The molecule has 3 aliphatic rings. The first-order valence-corrected chi connectivity index (χ1v) is 10.9. The maximum atomic E-state index is 6.53. The summed E-state index contributed by atoms with van der Waals surface area (Å²) in [5, 5.41) is 4.35. The third kappa shape index (κ3) is 3.85. The lowest BCUT2D eigenvalue weighted by molar-refractivity contribution is 0.265. The second-order valence-corrected chi connectivity index (χ2v) is 8.82. The van der Waals surface area contributed by atoms with E-state index in [2.05, 4.69) is 38.2 Å². The fraction of sp³-hybridized carbons (Fsp3) is 0.524. The van der Waals surface area contributed by atoms with Crippen molar-refractivity contribution in [1.82, 2.24) is 26.1 Å². The first kappa shape index (κ1) is 19.2. The normalized spacial score (nSPS) is 32.2. The van der Waals surface area contributed by atoms with Crippen LogP contribution in [-0.2, 0) is 0 Å². The Morgan fingerprint density at radius 3 is 2.97 bits per heavy atom. The molecule has 5 heterocycles. The zero-order valence-electron chi connectivity index (χ0n) is 16.4. The van der Waals surface area contributed by atoms with Gasteiger partial charge in [-0.1, -0.05) is 17.7 Å². The summed E-state index contributed by atoms with van der Waals surface area (Å²) in [5.74, 6) is 1.30. The van der Waals surface area contributed by atoms with Gasteiger partial charge in [0.25, 0.3) is 0 Å². The Kier molecular flexibility index (Phi) is 5.41. The number of nitrogens with zero attached hydrogens (tertiary/aromatic N) is 3. The van der Waals surface area contributed by atoms with Gasteiger partial charge in [-0.05, 0) is 43.0 Å². The highest BCUT2D eigenvalue weighted by Gasteiger charge is 2.42. The zero-order chi connectivity index (χ0) is 19.8. The highest BCUT2D eigenvalue weighted by Crippen LogP contribution is 2.39. The van der Waals surface area contributed by atoms with Crippen molar-refractivity contribution in [2.24, 2.45) is 11.7 Å². The molecule has 29 heavy (non-hydrogen) atoms. The number of rotatable bonds is 3. The molecule has 2 aromatic rings. The number of nitrogens with two attached hydrogens (primary N) is 1. The minimum atomic E-state index is 0.149. The third-order valence-corrected chi connectivity index (χ3v) is 6.77. The molecule has 5 N–H and O–H groups in total. The van der Waals surface area contributed by atoms with Crippen molar-refractivity contribution < 1.29 is 0 Å². The van der Waals surface area contributed by atoms with Crippen LogP contribution in [0.15, 0.2) is 36.7 Å². The highest BCUT2D eigenvalue weighted by molar-refractivity contribution is 6.32. The van der Waals surface area contributed by atoms with E-state index in [-0.39, 0.29) is 12.1 Å². The van der Waals surface area contributed by atoms with E-state index < -0.39 is 0 Å². The lowest BCUT2D eigenvalue weighted by Gasteiger charge is -2.35. The number of fused-ring (bicyclic) bond motifs is 1. The van der Waals surface area contributed by atoms with Crippen LogP contribution < -0.4 is 26.8 Å². The Morgan fingerprint density at radius 2 is 2.14 bits per heavy atom. The van der Waals surface area contributed by atoms with E-state index in [0.717, 1.165) is 50.4 Å². The molecule has 7 nitrogen and oxygen atoms in total. The number of anilines is 1. The molecule has 0 spiro atoms. The van der Waals surface area contributed by atoms with Gasteiger partial charge in [-0.25, -0.2) is 10.4 Å². The number of halogens is 1. The zero-order valence-corrected chi connectivity index (χ0v) is 17.1. The van der Waals surface area contributed by atoms with Gasteiger partial charge in [0.15, 0.2) is 0 Å². The number of hydrogen-bond donors (Lipinski definition) is 4. The number of pyridine rings is 2. The van der Waals surface area contributed by atoms with Crippen molar-refractivity contribution in [1.29, 1.82) is 0 Å². The minimum absolute atomic E-state index is 0.149. The van der Waals surface area contributed by atoms with Crippen molar-refractivity contribution in [3.63, 3.8) is 0 Å². The number of hydrogen-bond acceptors (Lipinski definition) is 7. The van der Waals surface area contributed by atoms with Crippen molar-refractivity contribution in [3.05, 3.63) is 52.9 Å². The van der Waals surface area contributed by atoms with Gasteiger partial charge in [-0.2, -0.15) is 0 Å². The van der Waals surface area contributed by atoms with Crippen LogP contribution in [0.1, 0.15) is 42.6 Å². The van der Waals surface area contributed by atoms with E-state index in [1.54, 1.807) is 0 Å². The highest BCUT2D eigenvalue weighted by atomic mass is 35.5. The quantitative estimate of drug-likeness (QED) is 0.611. The molecule has 0 bridgehead atoms. The average molecular weight is 414 g/mol. The fourth-order valence-corrected chi connectivity index (χ4v) is 5.17. The molecule has 0 aromatic carbocycles. The molecule has 5 atom stereocenters. The summed E-state index contributed by atoms with van der Waals surface area (Å²) in [7, 11) is 0. The molecule has 3 saturated heterocycles. The van der Waals surface area contributed by atoms with Crippen LogP contribution in [0.5, 0.6) is 0 Å². The summed E-state index contributed by atoms with van der Waals surface area (Å²) in [4.78, 5) is 11.5. The number of hydrazine groups is 1. The van der Waals surface area contributed by atoms with Crippen LogP contribution in [0.4, 0.5) is 5.82 Å². The average Bonchev–Trinajstić information content (AvgIpc) is 3.18. The van der Waals surface area contributed by atoms with E-state index in [1.165, 1.54) is 5.56 Å². The molecule has 4 unspecified atom stereocenters. The maximum Gasteiger partial charge on any atom is 0.147 e. The van der Waals surface area contributed by atoms with Crippen LogP contribution >= 0.6 is 11.6 Å². The lowest BCUT2D eigenvalue weighted by atomic mass is 9.81. The first-order valence-electron chi connectivity index (χ1n) is 10.5. The number of nitrogens with one attached hydrogen (secondary N) is 3. The van der Waals surface area contributed by atoms with Crippen molar-refractivity contribution in [2.45, 2.75) is 43.4 Å². The monoisotopic (exact) mass is 413 g/mol. The van der Waals surface area contributed by atoms with E-state index in [0.29, 0.717) is 23.0 Å². The van der Waals surface area contributed by atoms with E-state index in [1.807, 2.05) is 24.5 Å². The second-order valence-electron chi connectivity index (χ2n) is 8.41. The lowest BCUT2D eigenvalue weighted by Crippen LogP contribution is -2.46. The molecule has 154 valence electrons. The van der Waals surface area contributed by atoms with E-state index in [4.69, 9.17) is 22.3 Å². The number of aromatic nitrogens is 2. The van der Waals surface area contributed by atoms with Crippen molar-refractivity contribution in [2.75, 3.05) is 24.5 Å².